The van der Waals surface area contributed by atoms with Gasteiger partial charge in [0.2, 0.25) is 0 Å². The minimum absolute atomic E-state index is 0.240. The largest absolute Gasteiger partial charge is 0.466 e. The predicted molar refractivity (Wildman–Crippen MR) is 77.3 cm³/mol. The third-order valence-corrected chi connectivity index (χ3v) is 3.16. The lowest BCUT2D eigenvalue weighted by molar-refractivity contribution is -0.136. The Bertz CT molecular complexity index is 348. The number of hydrogen-bond acceptors (Lipinski definition) is 2. The van der Waals surface area contributed by atoms with Gasteiger partial charge in [0, 0.05) is 5.57 Å². The average Bonchev–Trinajstić information content (AvgIpc) is 2.34. The van der Waals surface area contributed by atoms with E-state index in [0.717, 1.165) is 6.42 Å². The van der Waals surface area contributed by atoms with Gasteiger partial charge in [-0.15, -0.1) is 0 Å². The monoisotopic (exact) mass is 250 g/mol. The van der Waals surface area contributed by atoms with E-state index in [1.807, 2.05) is 19.1 Å². The molecular formula is C16H26O2. The third kappa shape index (κ3) is 6.43. The molecule has 0 heterocycles. The standard InChI is InChI=1S/C16H26O2/c1-7-8-12(2)11-15(5)13(3)9-10-14(4)16(17)18-6/h7-8,10-11,13,15H,9H2,1-6H3/b8-7-,12-11+,14-10-/t13-,15-/m0/s1. The lowest BCUT2D eigenvalue weighted by Crippen LogP contribution is -2.07. The lowest BCUT2D eigenvalue weighted by Gasteiger charge is -2.15. The van der Waals surface area contributed by atoms with E-state index in [9.17, 15) is 4.79 Å². The maximum absolute atomic E-state index is 11.2. The molecule has 0 fully saturated rings. The number of hydrogen-bond donors (Lipinski definition) is 0. The number of methoxy groups -OCH3 is 1. The van der Waals surface area contributed by atoms with E-state index < -0.39 is 0 Å². The first-order valence-corrected chi connectivity index (χ1v) is 6.48. The zero-order valence-electron chi connectivity index (χ0n) is 12.5. The van der Waals surface area contributed by atoms with Crippen molar-refractivity contribution in [2.75, 3.05) is 7.11 Å². The molecule has 0 N–H and O–H groups in total. The van der Waals surface area contributed by atoms with Gasteiger partial charge in [0.25, 0.3) is 0 Å². The highest BCUT2D eigenvalue weighted by Crippen LogP contribution is 2.19. The van der Waals surface area contributed by atoms with E-state index in [1.165, 1.54) is 12.7 Å². The fourth-order valence-corrected chi connectivity index (χ4v) is 1.72. The Morgan fingerprint density at radius 3 is 2.39 bits per heavy atom. The van der Waals surface area contributed by atoms with Gasteiger partial charge in [0.15, 0.2) is 0 Å². The molecule has 0 bridgehead atoms. The number of allylic oxidation sites excluding steroid dienone is 5. The van der Waals surface area contributed by atoms with E-state index in [1.54, 1.807) is 6.92 Å². The SMILES string of the molecule is C/C=C\C(C)=C\[C@H](C)[C@@H](C)C/C=C(/C)C(=O)OC. The van der Waals surface area contributed by atoms with Gasteiger partial charge in [0.05, 0.1) is 7.11 Å². The predicted octanol–water partition coefficient (Wildman–Crippen LogP) is 4.29. The van der Waals surface area contributed by atoms with Crippen LogP contribution in [0.5, 0.6) is 0 Å². The number of ether oxygens (including phenoxy) is 1. The van der Waals surface area contributed by atoms with Crippen molar-refractivity contribution in [2.24, 2.45) is 11.8 Å². The summed E-state index contributed by atoms with van der Waals surface area (Å²) >= 11 is 0. The fraction of sp³-hybridized carbons (Fsp3) is 0.562. The Hall–Kier alpha value is -1.31. The van der Waals surface area contributed by atoms with Gasteiger partial charge < -0.3 is 4.74 Å². The zero-order chi connectivity index (χ0) is 14.1. The first kappa shape index (κ1) is 16.7. The smallest absolute Gasteiger partial charge is 0.333 e. The first-order valence-electron chi connectivity index (χ1n) is 6.48. The first-order chi connectivity index (χ1) is 8.42. The number of esters is 1. The van der Waals surface area contributed by atoms with E-state index in [4.69, 9.17) is 0 Å². The number of rotatable bonds is 6. The molecule has 0 unspecified atom stereocenters. The molecule has 18 heavy (non-hydrogen) atoms. The maximum Gasteiger partial charge on any atom is 0.333 e. The molecule has 0 aliphatic rings. The Balaban J connectivity index is 4.45. The molecular weight excluding hydrogens is 224 g/mol. The Morgan fingerprint density at radius 1 is 1.28 bits per heavy atom. The van der Waals surface area contributed by atoms with Crippen molar-refractivity contribution >= 4 is 5.97 Å². The average molecular weight is 250 g/mol. The van der Waals surface area contributed by atoms with Crippen molar-refractivity contribution in [1.29, 1.82) is 0 Å². The molecule has 0 aliphatic carbocycles. The number of carbonyl (C=O) groups excluding carboxylic acids is 1. The summed E-state index contributed by atoms with van der Waals surface area (Å²) in [6.45, 7) is 10.3. The van der Waals surface area contributed by atoms with E-state index in [0.29, 0.717) is 17.4 Å². The van der Waals surface area contributed by atoms with Crippen molar-refractivity contribution in [3.8, 4) is 0 Å². The lowest BCUT2D eigenvalue weighted by atomic mass is 9.90. The van der Waals surface area contributed by atoms with Gasteiger partial charge in [0.1, 0.15) is 0 Å². The van der Waals surface area contributed by atoms with Crippen LogP contribution in [0.4, 0.5) is 0 Å². The van der Waals surface area contributed by atoms with Crippen LogP contribution in [0.3, 0.4) is 0 Å². The molecule has 2 atom stereocenters. The molecule has 102 valence electrons. The summed E-state index contributed by atoms with van der Waals surface area (Å²) in [4.78, 5) is 11.2. The topological polar surface area (TPSA) is 26.3 Å². The van der Waals surface area contributed by atoms with Crippen molar-refractivity contribution in [3.05, 3.63) is 35.5 Å². The van der Waals surface area contributed by atoms with E-state index in [2.05, 4.69) is 37.7 Å². The molecule has 2 heteroatoms. The Labute approximate surface area is 111 Å². The maximum atomic E-state index is 11.2. The van der Waals surface area contributed by atoms with Crippen LogP contribution < -0.4 is 0 Å². The molecule has 0 saturated carbocycles. The summed E-state index contributed by atoms with van der Waals surface area (Å²) in [6.07, 6.45) is 9.28. The second kappa shape index (κ2) is 8.73. The molecule has 0 radical (unpaired) electrons. The number of carbonyl (C=O) groups is 1. The van der Waals surface area contributed by atoms with Crippen LogP contribution in [0, 0.1) is 11.8 Å². The van der Waals surface area contributed by atoms with Gasteiger partial charge in [-0.2, -0.15) is 0 Å². The highest BCUT2D eigenvalue weighted by Gasteiger charge is 2.10. The summed E-state index contributed by atoms with van der Waals surface area (Å²) in [6, 6.07) is 0. The molecule has 0 aliphatic heterocycles. The summed E-state index contributed by atoms with van der Waals surface area (Å²) in [7, 11) is 1.41. The van der Waals surface area contributed by atoms with Crippen LogP contribution in [0.15, 0.2) is 35.5 Å². The van der Waals surface area contributed by atoms with E-state index >= 15 is 0 Å². The van der Waals surface area contributed by atoms with Crippen LogP contribution in [-0.2, 0) is 9.53 Å². The molecule has 0 aromatic rings. The summed E-state index contributed by atoms with van der Waals surface area (Å²) in [5.74, 6) is 0.753. The van der Waals surface area contributed by atoms with Gasteiger partial charge in [-0.25, -0.2) is 4.79 Å². The van der Waals surface area contributed by atoms with Gasteiger partial charge in [-0.1, -0.05) is 43.7 Å². The zero-order valence-corrected chi connectivity index (χ0v) is 12.5. The molecule has 2 nitrogen and oxygen atoms in total. The van der Waals surface area contributed by atoms with E-state index in [-0.39, 0.29) is 5.97 Å². The van der Waals surface area contributed by atoms with Crippen molar-refractivity contribution in [1.82, 2.24) is 0 Å². The highest BCUT2D eigenvalue weighted by atomic mass is 16.5. The normalized spacial score (nSPS) is 16.8. The van der Waals surface area contributed by atoms with Gasteiger partial charge in [-0.3, -0.25) is 0 Å². The Morgan fingerprint density at radius 2 is 1.89 bits per heavy atom. The summed E-state index contributed by atoms with van der Waals surface area (Å²) in [5, 5.41) is 0. The van der Waals surface area contributed by atoms with Crippen LogP contribution in [0.1, 0.15) is 41.0 Å². The minimum Gasteiger partial charge on any atom is -0.466 e. The third-order valence-electron chi connectivity index (χ3n) is 3.16. The van der Waals surface area contributed by atoms with Crippen molar-refractivity contribution in [3.63, 3.8) is 0 Å². The molecule has 0 aromatic carbocycles. The second-order valence-corrected chi connectivity index (χ2v) is 4.86. The van der Waals surface area contributed by atoms with Gasteiger partial charge in [-0.05, 0) is 39.0 Å². The van der Waals surface area contributed by atoms with Crippen LogP contribution in [-0.4, -0.2) is 13.1 Å². The summed E-state index contributed by atoms with van der Waals surface area (Å²) < 4.78 is 4.67. The molecule has 0 amide bonds. The van der Waals surface area contributed by atoms with Crippen molar-refractivity contribution in [2.45, 2.75) is 41.0 Å². The fourth-order valence-electron chi connectivity index (χ4n) is 1.72. The van der Waals surface area contributed by atoms with Crippen LogP contribution in [0.25, 0.3) is 0 Å². The minimum atomic E-state index is -0.240. The second-order valence-electron chi connectivity index (χ2n) is 4.86. The Kier molecular flexibility index (Phi) is 8.10. The summed E-state index contributed by atoms with van der Waals surface area (Å²) in [5.41, 5.74) is 1.97. The molecule has 0 saturated heterocycles. The molecule has 0 spiro atoms. The highest BCUT2D eigenvalue weighted by molar-refractivity contribution is 5.87. The van der Waals surface area contributed by atoms with Crippen molar-refractivity contribution < 1.29 is 9.53 Å². The van der Waals surface area contributed by atoms with Crippen LogP contribution >= 0.6 is 0 Å². The molecule has 0 rings (SSSR count). The van der Waals surface area contributed by atoms with Gasteiger partial charge >= 0.3 is 5.97 Å². The quantitative estimate of drug-likeness (QED) is 0.399. The van der Waals surface area contributed by atoms with Crippen LogP contribution in [0.2, 0.25) is 0 Å². The molecule has 0 aromatic heterocycles.